The highest BCUT2D eigenvalue weighted by Gasteiger charge is 2.41. The van der Waals surface area contributed by atoms with Crippen LogP contribution in [0.25, 0.3) is 0 Å². The molecule has 0 spiro atoms. The Hall–Kier alpha value is -0.660. The minimum absolute atomic E-state index is 0.0741. The van der Waals surface area contributed by atoms with Gasteiger partial charge in [0.15, 0.2) is 0 Å². The van der Waals surface area contributed by atoms with E-state index in [4.69, 9.17) is 0 Å². The van der Waals surface area contributed by atoms with Gasteiger partial charge in [0.2, 0.25) is 0 Å². The van der Waals surface area contributed by atoms with Crippen molar-refractivity contribution in [2.75, 3.05) is 0 Å². The fourth-order valence-electron chi connectivity index (χ4n) is 0.618. The van der Waals surface area contributed by atoms with Crippen LogP contribution < -0.4 is 0 Å². The van der Waals surface area contributed by atoms with Crippen LogP contribution in [0.3, 0.4) is 0 Å². The third kappa shape index (κ3) is 0.427. The molecule has 0 heterocycles. The summed E-state index contributed by atoms with van der Waals surface area (Å²) in [6, 6.07) is 0. The molecule has 1 aliphatic rings. The summed E-state index contributed by atoms with van der Waals surface area (Å²) in [7, 11) is 0. The van der Waals surface area contributed by atoms with Gasteiger partial charge < -0.3 is 0 Å². The van der Waals surface area contributed by atoms with Gasteiger partial charge in [-0.3, -0.25) is 0 Å². The number of halogens is 2. The first-order valence-corrected chi connectivity index (χ1v) is 2.31. The first kappa shape index (κ1) is 5.48. The zero-order valence-corrected chi connectivity index (χ0v) is 4.54. The highest BCUT2D eigenvalue weighted by Crippen LogP contribution is 2.40. The molecule has 0 amide bonds. The molecule has 0 aromatic heterocycles. The van der Waals surface area contributed by atoms with Crippen LogP contribution >= 0.6 is 0 Å². The molecule has 0 aliphatic heterocycles. The third-order valence-electron chi connectivity index (χ3n) is 1.29. The number of allylic oxidation sites excluding steroid dienone is 3. The second-order valence-corrected chi connectivity index (χ2v) is 1.93. The van der Waals surface area contributed by atoms with Crippen molar-refractivity contribution in [2.24, 2.45) is 0 Å². The summed E-state index contributed by atoms with van der Waals surface area (Å²) in [5, 5.41) is 0. The molecule has 0 aromatic rings. The van der Waals surface area contributed by atoms with Crippen LogP contribution in [0.5, 0.6) is 0 Å². The molecule has 0 N–H and O–H groups in total. The van der Waals surface area contributed by atoms with E-state index in [2.05, 4.69) is 6.58 Å². The van der Waals surface area contributed by atoms with Crippen LogP contribution in [0.15, 0.2) is 23.8 Å². The van der Waals surface area contributed by atoms with Gasteiger partial charge >= 0.3 is 0 Å². The van der Waals surface area contributed by atoms with Crippen molar-refractivity contribution in [3.05, 3.63) is 23.8 Å². The zero-order valence-electron chi connectivity index (χ0n) is 4.54. The molecule has 1 aliphatic carbocycles. The van der Waals surface area contributed by atoms with E-state index in [1.165, 1.54) is 13.0 Å². The number of hydrogen-bond donors (Lipinski definition) is 0. The van der Waals surface area contributed by atoms with E-state index in [9.17, 15) is 8.78 Å². The minimum atomic E-state index is -2.69. The number of alkyl halides is 2. The molecule has 0 unspecified atom stereocenters. The lowest BCUT2D eigenvalue weighted by molar-refractivity contribution is 0.0727. The highest BCUT2D eigenvalue weighted by molar-refractivity contribution is 5.45. The van der Waals surface area contributed by atoms with Crippen LogP contribution in [0.2, 0.25) is 0 Å². The molecule has 0 radical (unpaired) electrons. The van der Waals surface area contributed by atoms with E-state index in [0.717, 1.165) is 0 Å². The molecular weight excluding hydrogens is 110 g/mol. The van der Waals surface area contributed by atoms with Crippen molar-refractivity contribution in [1.82, 2.24) is 0 Å². The first-order valence-electron chi connectivity index (χ1n) is 2.31. The molecule has 1 rings (SSSR count). The predicted molar refractivity (Wildman–Crippen MR) is 27.8 cm³/mol. The maximum atomic E-state index is 12.2. The molecule has 0 saturated carbocycles. The van der Waals surface area contributed by atoms with Gasteiger partial charge in [0.25, 0.3) is 5.92 Å². The Morgan fingerprint density at radius 1 is 1.62 bits per heavy atom. The Balaban J connectivity index is 2.93. The summed E-state index contributed by atoms with van der Waals surface area (Å²) in [5.41, 5.74) is 0.0394. The zero-order chi connectivity index (χ0) is 6.36. The number of hydrogen-bond acceptors (Lipinski definition) is 0. The van der Waals surface area contributed by atoms with Crippen molar-refractivity contribution in [1.29, 1.82) is 0 Å². The summed E-state index contributed by atoms with van der Waals surface area (Å²) in [6.45, 7) is 4.53. The van der Waals surface area contributed by atoms with E-state index < -0.39 is 5.92 Å². The lowest BCUT2D eigenvalue weighted by Crippen LogP contribution is -2.27. The Morgan fingerprint density at radius 2 is 2.12 bits per heavy atom. The molecule has 0 fully saturated rings. The van der Waals surface area contributed by atoms with Crippen molar-refractivity contribution in [2.45, 2.75) is 12.8 Å². The molecular formula is C6H6F2. The second kappa shape index (κ2) is 1.19. The summed E-state index contributed by atoms with van der Waals surface area (Å²) in [5.74, 6) is -2.69. The second-order valence-electron chi connectivity index (χ2n) is 1.93. The lowest BCUT2D eigenvalue weighted by Gasteiger charge is -2.26. The fourth-order valence-corrected chi connectivity index (χ4v) is 0.618. The normalized spacial score (nSPS) is 24.4. The van der Waals surface area contributed by atoms with Crippen molar-refractivity contribution in [3.63, 3.8) is 0 Å². The van der Waals surface area contributed by atoms with Gasteiger partial charge in [0.1, 0.15) is 0 Å². The molecule has 0 bridgehead atoms. The van der Waals surface area contributed by atoms with Gasteiger partial charge in [-0.1, -0.05) is 6.58 Å². The van der Waals surface area contributed by atoms with Gasteiger partial charge in [-0.2, -0.15) is 8.78 Å². The maximum Gasteiger partial charge on any atom is 0.294 e. The lowest BCUT2D eigenvalue weighted by atomic mass is 9.91. The van der Waals surface area contributed by atoms with Crippen molar-refractivity contribution >= 4 is 0 Å². The summed E-state index contributed by atoms with van der Waals surface area (Å²) < 4.78 is 24.3. The average molecular weight is 116 g/mol. The Morgan fingerprint density at radius 3 is 2.12 bits per heavy atom. The van der Waals surface area contributed by atoms with E-state index in [-0.39, 0.29) is 11.1 Å². The van der Waals surface area contributed by atoms with Crippen LogP contribution in [0.1, 0.15) is 6.92 Å². The first-order chi connectivity index (χ1) is 3.55. The van der Waals surface area contributed by atoms with E-state index in [1.807, 2.05) is 0 Å². The number of rotatable bonds is 0. The topological polar surface area (TPSA) is 0 Å². The molecule has 44 valence electrons. The van der Waals surface area contributed by atoms with Gasteiger partial charge in [0, 0.05) is 11.1 Å². The molecule has 8 heavy (non-hydrogen) atoms. The summed E-state index contributed by atoms with van der Waals surface area (Å²) in [4.78, 5) is 0. The Bertz CT molecular complexity index is 165. The molecule has 0 saturated heterocycles. The smallest absolute Gasteiger partial charge is 0.196 e. The molecule has 0 nitrogen and oxygen atoms in total. The largest absolute Gasteiger partial charge is 0.294 e. The summed E-state index contributed by atoms with van der Waals surface area (Å²) in [6.07, 6.45) is 1.39. The van der Waals surface area contributed by atoms with Crippen LogP contribution in [-0.4, -0.2) is 5.92 Å². The van der Waals surface area contributed by atoms with E-state index in [1.54, 1.807) is 0 Å². The molecule has 0 aromatic carbocycles. The molecule has 0 atom stereocenters. The predicted octanol–water partition coefficient (Wildman–Crippen LogP) is 2.14. The van der Waals surface area contributed by atoms with Crippen LogP contribution in [0.4, 0.5) is 8.78 Å². The van der Waals surface area contributed by atoms with Crippen LogP contribution in [-0.2, 0) is 0 Å². The van der Waals surface area contributed by atoms with Crippen molar-refractivity contribution in [3.8, 4) is 0 Å². The SMILES string of the molecule is C=C1C=C(C)C1(F)F. The molecule has 2 heteroatoms. The minimum Gasteiger partial charge on any atom is -0.196 e. The van der Waals surface area contributed by atoms with Gasteiger partial charge in [-0.15, -0.1) is 0 Å². The van der Waals surface area contributed by atoms with Crippen molar-refractivity contribution < 1.29 is 8.78 Å². The average Bonchev–Trinajstić information content (AvgIpc) is 1.68. The fraction of sp³-hybridized carbons (Fsp3) is 0.333. The van der Waals surface area contributed by atoms with Gasteiger partial charge in [-0.05, 0) is 13.0 Å². The van der Waals surface area contributed by atoms with Gasteiger partial charge in [-0.25, -0.2) is 0 Å². The third-order valence-corrected chi connectivity index (χ3v) is 1.29. The Labute approximate surface area is 46.5 Å². The maximum absolute atomic E-state index is 12.2. The quantitative estimate of drug-likeness (QED) is 0.454. The monoisotopic (exact) mass is 116 g/mol. The Kier molecular flexibility index (Phi) is 0.813. The van der Waals surface area contributed by atoms with Crippen LogP contribution in [0, 0.1) is 0 Å². The highest BCUT2D eigenvalue weighted by atomic mass is 19.3. The van der Waals surface area contributed by atoms with Gasteiger partial charge in [0.05, 0.1) is 0 Å². The van der Waals surface area contributed by atoms with E-state index >= 15 is 0 Å². The standard InChI is InChI=1S/C6H6F2/c1-4-3-5(2)6(4,7)8/h3H,1H2,2H3. The summed E-state index contributed by atoms with van der Waals surface area (Å²) >= 11 is 0. The van der Waals surface area contributed by atoms with E-state index in [0.29, 0.717) is 0 Å².